The number of aliphatic hydroxyl groups is 1. The van der Waals surface area contributed by atoms with Gasteiger partial charge in [0.25, 0.3) is 0 Å². The number of aliphatic hydroxyl groups excluding tert-OH is 1. The van der Waals surface area contributed by atoms with Gasteiger partial charge >= 0.3 is 0 Å². The molecule has 0 bridgehead atoms. The maximum Gasteiger partial charge on any atom is 0.123 e. The van der Waals surface area contributed by atoms with Gasteiger partial charge in [-0.25, -0.2) is 4.39 Å². The SMILES string of the molecule is CSCC(C)N(C)c1ccc(F)cc1CO. The van der Waals surface area contributed by atoms with Crippen molar-refractivity contribution in [3.05, 3.63) is 29.6 Å². The van der Waals surface area contributed by atoms with Crippen LogP contribution in [0, 0.1) is 5.82 Å². The van der Waals surface area contributed by atoms with Crippen molar-refractivity contribution in [1.82, 2.24) is 0 Å². The molecule has 0 amide bonds. The number of thioether (sulfide) groups is 1. The van der Waals surface area contributed by atoms with Crippen LogP contribution in [0.3, 0.4) is 0 Å². The Morgan fingerprint density at radius 3 is 2.75 bits per heavy atom. The number of anilines is 1. The number of rotatable bonds is 5. The van der Waals surface area contributed by atoms with Gasteiger partial charge in [-0.2, -0.15) is 11.8 Å². The highest BCUT2D eigenvalue weighted by Gasteiger charge is 2.13. The summed E-state index contributed by atoms with van der Waals surface area (Å²) in [7, 11) is 1.97. The molecule has 0 fully saturated rings. The van der Waals surface area contributed by atoms with Crippen molar-refractivity contribution in [3.63, 3.8) is 0 Å². The highest BCUT2D eigenvalue weighted by atomic mass is 32.2. The molecule has 1 rings (SSSR count). The lowest BCUT2D eigenvalue weighted by Crippen LogP contribution is -2.31. The monoisotopic (exact) mass is 243 g/mol. The normalized spacial score (nSPS) is 12.6. The second kappa shape index (κ2) is 6.11. The predicted octanol–water partition coefficient (Wildman–Crippen LogP) is 2.51. The van der Waals surface area contributed by atoms with Crippen molar-refractivity contribution in [2.75, 3.05) is 24.0 Å². The van der Waals surface area contributed by atoms with Crippen LogP contribution >= 0.6 is 11.8 Å². The number of hydrogen-bond acceptors (Lipinski definition) is 3. The van der Waals surface area contributed by atoms with Gasteiger partial charge in [-0.15, -0.1) is 0 Å². The molecule has 0 radical (unpaired) electrons. The summed E-state index contributed by atoms with van der Waals surface area (Å²) in [6.45, 7) is 1.98. The third kappa shape index (κ3) is 3.12. The molecule has 2 nitrogen and oxygen atoms in total. The third-order valence-electron chi connectivity index (χ3n) is 2.66. The summed E-state index contributed by atoms with van der Waals surface area (Å²) in [6, 6.07) is 4.89. The molecule has 0 aliphatic carbocycles. The van der Waals surface area contributed by atoms with Crippen molar-refractivity contribution >= 4 is 17.4 Å². The molecule has 0 heterocycles. The fourth-order valence-electron chi connectivity index (χ4n) is 1.62. The van der Waals surface area contributed by atoms with Crippen molar-refractivity contribution in [3.8, 4) is 0 Å². The van der Waals surface area contributed by atoms with Crippen LogP contribution in [0.2, 0.25) is 0 Å². The molecule has 0 aliphatic heterocycles. The van der Waals surface area contributed by atoms with E-state index in [0.29, 0.717) is 11.6 Å². The molecular weight excluding hydrogens is 225 g/mol. The molecule has 1 N–H and O–H groups in total. The average molecular weight is 243 g/mol. The van der Waals surface area contributed by atoms with E-state index in [0.717, 1.165) is 11.4 Å². The summed E-state index contributed by atoms with van der Waals surface area (Å²) in [4.78, 5) is 2.07. The molecule has 4 heteroatoms. The van der Waals surface area contributed by atoms with E-state index in [2.05, 4.69) is 18.1 Å². The van der Waals surface area contributed by atoms with Crippen LogP contribution in [-0.2, 0) is 6.61 Å². The first-order chi connectivity index (χ1) is 7.60. The molecule has 1 aromatic rings. The van der Waals surface area contributed by atoms with Crippen molar-refractivity contribution in [2.45, 2.75) is 19.6 Å². The van der Waals surface area contributed by atoms with E-state index in [-0.39, 0.29) is 12.4 Å². The van der Waals surface area contributed by atoms with Gasteiger partial charge in [-0.1, -0.05) is 0 Å². The van der Waals surface area contributed by atoms with E-state index in [4.69, 9.17) is 0 Å². The Bertz CT molecular complexity index is 346. The first kappa shape index (κ1) is 13.3. The molecule has 1 aromatic carbocycles. The van der Waals surface area contributed by atoms with Crippen LogP contribution in [-0.4, -0.2) is 30.2 Å². The second-order valence-electron chi connectivity index (χ2n) is 3.85. The van der Waals surface area contributed by atoms with Gasteiger partial charge in [0.15, 0.2) is 0 Å². The molecule has 1 atom stereocenters. The van der Waals surface area contributed by atoms with E-state index in [9.17, 15) is 9.50 Å². The Morgan fingerprint density at radius 2 is 2.19 bits per heavy atom. The molecule has 0 saturated heterocycles. The Labute approximate surface area is 100 Å². The molecule has 0 spiro atoms. The van der Waals surface area contributed by atoms with Gasteiger partial charge in [-0.05, 0) is 31.4 Å². The van der Waals surface area contributed by atoms with Gasteiger partial charge < -0.3 is 10.0 Å². The minimum absolute atomic E-state index is 0.135. The highest BCUT2D eigenvalue weighted by molar-refractivity contribution is 7.98. The molecule has 0 aromatic heterocycles. The Kier molecular flexibility index (Phi) is 5.09. The number of nitrogens with zero attached hydrogens (tertiary/aromatic N) is 1. The Morgan fingerprint density at radius 1 is 1.50 bits per heavy atom. The van der Waals surface area contributed by atoms with Gasteiger partial charge in [-0.3, -0.25) is 0 Å². The van der Waals surface area contributed by atoms with Crippen LogP contribution in [0.5, 0.6) is 0 Å². The van der Waals surface area contributed by atoms with Gasteiger partial charge in [0.05, 0.1) is 6.61 Å². The predicted molar refractivity (Wildman–Crippen MR) is 68.6 cm³/mol. The summed E-state index contributed by atoms with van der Waals surface area (Å²) in [5, 5.41) is 9.20. The summed E-state index contributed by atoms with van der Waals surface area (Å²) in [5.74, 6) is 0.692. The first-order valence-corrected chi connectivity index (χ1v) is 6.60. The largest absolute Gasteiger partial charge is 0.392 e. The third-order valence-corrected chi connectivity index (χ3v) is 3.48. The second-order valence-corrected chi connectivity index (χ2v) is 4.76. The van der Waals surface area contributed by atoms with E-state index < -0.39 is 0 Å². The van der Waals surface area contributed by atoms with Crippen LogP contribution < -0.4 is 4.90 Å². The van der Waals surface area contributed by atoms with Gasteiger partial charge in [0.1, 0.15) is 5.82 Å². The van der Waals surface area contributed by atoms with E-state index in [1.54, 1.807) is 17.8 Å². The number of halogens is 1. The van der Waals surface area contributed by atoms with Crippen LogP contribution in [0.1, 0.15) is 12.5 Å². The lowest BCUT2D eigenvalue weighted by Gasteiger charge is -2.28. The summed E-state index contributed by atoms with van der Waals surface area (Å²) in [6.07, 6.45) is 2.06. The standard InChI is InChI=1S/C12H18FNOS/c1-9(8-16-3)14(2)12-5-4-11(13)6-10(12)7-15/h4-6,9,15H,7-8H2,1-3H3. The zero-order valence-corrected chi connectivity index (χ0v) is 10.7. The van der Waals surface area contributed by atoms with Crippen LogP contribution in [0.15, 0.2) is 18.2 Å². The first-order valence-electron chi connectivity index (χ1n) is 5.21. The maximum absolute atomic E-state index is 13.0. The van der Waals surface area contributed by atoms with Gasteiger partial charge in [0.2, 0.25) is 0 Å². The Hall–Kier alpha value is -0.740. The minimum Gasteiger partial charge on any atom is -0.392 e. The van der Waals surface area contributed by atoms with Gasteiger partial charge in [0, 0.05) is 30.1 Å². The summed E-state index contributed by atoms with van der Waals surface area (Å²) < 4.78 is 13.0. The van der Waals surface area contributed by atoms with Crippen molar-refractivity contribution < 1.29 is 9.50 Å². The topological polar surface area (TPSA) is 23.5 Å². The quantitative estimate of drug-likeness (QED) is 0.859. The molecule has 16 heavy (non-hydrogen) atoms. The summed E-state index contributed by atoms with van der Waals surface area (Å²) >= 11 is 1.77. The smallest absolute Gasteiger partial charge is 0.123 e. The average Bonchev–Trinajstić information content (AvgIpc) is 2.28. The fourth-order valence-corrected chi connectivity index (χ4v) is 2.32. The van der Waals surface area contributed by atoms with E-state index >= 15 is 0 Å². The lowest BCUT2D eigenvalue weighted by molar-refractivity contribution is 0.281. The van der Waals surface area contributed by atoms with E-state index in [1.165, 1.54) is 12.1 Å². The summed E-state index contributed by atoms with van der Waals surface area (Å²) in [5.41, 5.74) is 1.53. The number of benzene rings is 1. The van der Waals surface area contributed by atoms with Crippen LogP contribution in [0.25, 0.3) is 0 Å². The highest BCUT2D eigenvalue weighted by Crippen LogP contribution is 2.23. The maximum atomic E-state index is 13.0. The molecule has 0 aliphatic rings. The fraction of sp³-hybridized carbons (Fsp3) is 0.500. The molecule has 90 valence electrons. The lowest BCUT2D eigenvalue weighted by atomic mass is 10.1. The van der Waals surface area contributed by atoms with E-state index in [1.807, 2.05) is 7.05 Å². The molecular formula is C12H18FNOS. The zero-order valence-electron chi connectivity index (χ0n) is 9.90. The van der Waals surface area contributed by atoms with Crippen LogP contribution in [0.4, 0.5) is 10.1 Å². The number of hydrogen-bond donors (Lipinski definition) is 1. The zero-order chi connectivity index (χ0) is 12.1. The Balaban J connectivity index is 2.93. The molecule has 0 saturated carbocycles. The van der Waals surface area contributed by atoms with Crippen molar-refractivity contribution in [1.29, 1.82) is 0 Å². The van der Waals surface area contributed by atoms with Crippen molar-refractivity contribution in [2.24, 2.45) is 0 Å². The minimum atomic E-state index is -0.307. The molecule has 1 unspecified atom stereocenters.